The van der Waals surface area contributed by atoms with Crippen molar-refractivity contribution in [3.05, 3.63) is 94.2 Å². The van der Waals surface area contributed by atoms with Gasteiger partial charge in [-0.15, -0.1) is 0 Å². The zero-order valence-corrected chi connectivity index (χ0v) is 16.3. The normalized spacial score (nSPS) is 11.0. The molecule has 2 aromatic heterocycles. The van der Waals surface area contributed by atoms with E-state index in [0.29, 0.717) is 27.4 Å². The SMILES string of the molecule is Cc1cccnc1-n1c(SCC(=O)c2ccc(F)cc2)nc2ccccc2c1=O. The summed E-state index contributed by atoms with van der Waals surface area (Å²) in [6.07, 6.45) is 1.61. The molecule has 5 nitrogen and oxygen atoms in total. The largest absolute Gasteiger partial charge is 0.293 e. The molecule has 0 fully saturated rings. The van der Waals surface area contributed by atoms with E-state index in [1.807, 2.05) is 19.1 Å². The van der Waals surface area contributed by atoms with Crippen LogP contribution in [0, 0.1) is 12.7 Å². The summed E-state index contributed by atoms with van der Waals surface area (Å²) in [4.78, 5) is 34.7. The summed E-state index contributed by atoms with van der Waals surface area (Å²) < 4.78 is 14.5. The van der Waals surface area contributed by atoms with Crippen LogP contribution in [0.5, 0.6) is 0 Å². The van der Waals surface area contributed by atoms with Gasteiger partial charge in [0.05, 0.1) is 16.7 Å². The molecule has 0 N–H and O–H groups in total. The Kier molecular flexibility index (Phi) is 5.22. The van der Waals surface area contributed by atoms with Crippen LogP contribution < -0.4 is 5.56 Å². The molecule has 2 aromatic carbocycles. The summed E-state index contributed by atoms with van der Waals surface area (Å²) in [5.41, 5.74) is 1.54. The number of pyridine rings is 1. The molecule has 0 radical (unpaired) electrons. The van der Waals surface area contributed by atoms with E-state index in [4.69, 9.17) is 0 Å². The number of Topliss-reactive ketones (excluding diaryl/α,β-unsaturated/α-hetero) is 1. The maximum absolute atomic E-state index is 13.2. The molecule has 4 aromatic rings. The van der Waals surface area contributed by atoms with Gasteiger partial charge in [0.1, 0.15) is 11.6 Å². The van der Waals surface area contributed by atoms with E-state index in [-0.39, 0.29) is 17.1 Å². The maximum atomic E-state index is 13.2. The molecule has 0 unspecified atom stereocenters. The van der Waals surface area contributed by atoms with E-state index in [1.165, 1.54) is 28.8 Å². The van der Waals surface area contributed by atoms with E-state index in [0.717, 1.165) is 17.3 Å². The van der Waals surface area contributed by atoms with Crippen LogP contribution >= 0.6 is 11.8 Å². The van der Waals surface area contributed by atoms with E-state index >= 15 is 0 Å². The molecule has 0 atom stereocenters. The minimum Gasteiger partial charge on any atom is -0.293 e. The van der Waals surface area contributed by atoms with Gasteiger partial charge in [0.2, 0.25) is 0 Å². The zero-order chi connectivity index (χ0) is 20.4. The van der Waals surface area contributed by atoms with Crippen molar-refractivity contribution in [3.63, 3.8) is 0 Å². The van der Waals surface area contributed by atoms with Crippen molar-refractivity contribution < 1.29 is 9.18 Å². The lowest BCUT2D eigenvalue weighted by Gasteiger charge is -2.13. The van der Waals surface area contributed by atoms with Gasteiger partial charge in [-0.2, -0.15) is 0 Å². The number of nitrogens with zero attached hydrogens (tertiary/aromatic N) is 3. The number of hydrogen-bond donors (Lipinski definition) is 0. The number of carbonyl (C=O) groups is 1. The predicted molar refractivity (Wildman–Crippen MR) is 111 cm³/mol. The molecule has 0 aliphatic rings. The number of halogens is 1. The van der Waals surface area contributed by atoms with Crippen molar-refractivity contribution in [2.75, 3.05) is 5.75 Å². The van der Waals surface area contributed by atoms with Crippen molar-refractivity contribution >= 4 is 28.4 Å². The lowest BCUT2D eigenvalue weighted by molar-refractivity contribution is 0.102. The number of aryl methyl sites for hydroxylation is 1. The van der Waals surface area contributed by atoms with Crippen molar-refractivity contribution in [1.82, 2.24) is 14.5 Å². The first kappa shape index (κ1) is 19.0. The number of ketones is 1. The average molecular weight is 405 g/mol. The number of rotatable bonds is 5. The third kappa shape index (κ3) is 3.82. The molecule has 0 bridgehead atoms. The van der Waals surface area contributed by atoms with Crippen molar-refractivity contribution in [2.45, 2.75) is 12.1 Å². The van der Waals surface area contributed by atoms with E-state index < -0.39 is 5.82 Å². The molecule has 0 saturated carbocycles. The minimum absolute atomic E-state index is 0.0578. The van der Waals surface area contributed by atoms with E-state index in [1.54, 1.807) is 30.5 Å². The third-order valence-electron chi connectivity index (χ3n) is 4.44. The fourth-order valence-electron chi connectivity index (χ4n) is 2.96. The van der Waals surface area contributed by atoms with Crippen molar-refractivity contribution in [1.29, 1.82) is 0 Å². The Labute approximate surface area is 170 Å². The van der Waals surface area contributed by atoms with Gasteiger partial charge in [0.25, 0.3) is 5.56 Å². The molecule has 0 spiro atoms. The lowest BCUT2D eigenvalue weighted by atomic mass is 10.1. The molecule has 29 heavy (non-hydrogen) atoms. The van der Waals surface area contributed by atoms with Crippen LogP contribution in [0.2, 0.25) is 0 Å². The van der Waals surface area contributed by atoms with Gasteiger partial charge >= 0.3 is 0 Å². The zero-order valence-electron chi connectivity index (χ0n) is 15.5. The molecule has 0 aliphatic heterocycles. The summed E-state index contributed by atoms with van der Waals surface area (Å²) in [6, 6.07) is 16.1. The second kappa shape index (κ2) is 7.97. The van der Waals surface area contributed by atoms with Crippen molar-refractivity contribution in [3.8, 4) is 5.82 Å². The smallest absolute Gasteiger partial charge is 0.267 e. The summed E-state index contributed by atoms with van der Waals surface area (Å²) in [7, 11) is 0. The topological polar surface area (TPSA) is 64.8 Å². The van der Waals surface area contributed by atoms with Crippen LogP contribution in [-0.4, -0.2) is 26.1 Å². The number of thioether (sulfide) groups is 1. The van der Waals surface area contributed by atoms with Crippen LogP contribution in [0.4, 0.5) is 4.39 Å². The molecule has 7 heteroatoms. The molecule has 4 rings (SSSR count). The molecular formula is C22H16FN3O2S. The number of aromatic nitrogens is 3. The van der Waals surface area contributed by atoms with Crippen LogP contribution in [-0.2, 0) is 0 Å². The quantitative estimate of drug-likeness (QED) is 0.283. The summed E-state index contributed by atoms with van der Waals surface area (Å²) in [5.74, 6) is -0.0403. The first-order chi connectivity index (χ1) is 14.0. The van der Waals surface area contributed by atoms with Gasteiger partial charge in [-0.3, -0.25) is 9.59 Å². The standard InChI is InChI=1S/C22H16FN3O2S/c1-14-5-4-12-24-20(14)26-21(28)17-6-2-3-7-18(17)25-22(26)29-13-19(27)15-8-10-16(23)11-9-15/h2-12H,13H2,1H3. The highest BCUT2D eigenvalue weighted by atomic mass is 32.2. The number of para-hydroxylation sites is 1. The first-order valence-corrected chi connectivity index (χ1v) is 9.88. The lowest BCUT2D eigenvalue weighted by Crippen LogP contribution is -2.23. The van der Waals surface area contributed by atoms with Gasteiger partial charge in [-0.25, -0.2) is 18.9 Å². The van der Waals surface area contributed by atoms with Gasteiger partial charge < -0.3 is 0 Å². The van der Waals surface area contributed by atoms with E-state index in [9.17, 15) is 14.0 Å². The molecular weight excluding hydrogens is 389 g/mol. The summed E-state index contributed by atoms with van der Waals surface area (Å²) in [6.45, 7) is 1.86. The van der Waals surface area contributed by atoms with Crippen LogP contribution in [0.25, 0.3) is 16.7 Å². The van der Waals surface area contributed by atoms with Crippen LogP contribution in [0.1, 0.15) is 15.9 Å². The second-order valence-electron chi connectivity index (χ2n) is 6.41. The number of hydrogen-bond acceptors (Lipinski definition) is 5. The van der Waals surface area contributed by atoms with Crippen LogP contribution in [0.3, 0.4) is 0 Å². The first-order valence-electron chi connectivity index (χ1n) is 8.90. The minimum atomic E-state index is -0.398. The van der Waals surface area contributed by atoms with E-state index in [2.05, 4.69) is 9.97 Å². The fraction of sp³-hybridized carbons (Fsp3) is 0.0909. The third-order valence-corrected chi connectivity index (χ3v) is 5.38. The number of fused-ring (bicyclic) bond motifs is 1. The van der Waals surface area contributed by atoms with Gasteiger partial charge in [0, 0.05) is 11.8 Å². The molecule has 2 heterocycles. The monoisotopic (exact) mass is 405 g/mol. The Bertz CT molecular complexity index is 1270. The predicted octanol–water partition coefficient (Wildman–Crippen LogP) is 4.20. The highest BCUT2D eigenvalue weighted by Crippen LogP contribution is 2.23. The Morgan fingerprint density at radius 3 is 2.59 bits per heavy atom. The summed E-state index contributed by atoms with van der Waals surface area (Å²) >= 11 is 1.16. The number of carbonyl (C=O) groups excluding carboxylic acids is 1. The molecule has 0 amide bonds. The molecule has 0 saturated heterocycles. The average Bonchev–Trinajstić information content (AvgIpc) is 2.73. The van der Waals surface area contributed by atoms with Gasteiger partial charge in [-0.1, -0.05) is 30.0 Å². The molecule has 144 valence electrons. The summed E-state index contributed by atoms with van der Waals surface area (Å²) in [5, 5.41) is 0.859. The Morgan fingerprint density at radius 1 is 1.07 bits per heavy atom. The highest BCUT2D eigenvalue weighted by Gasteiger charge is 2.17. The molecule has 0 aliphatic carbocycles. The Morgan fingerprint density at radius 2 is 1.83 bits per heavy atom. The fourth-order valence-corrected chi connectivity index (χ4v) is 3.84. The second-order valence-corrected chi connectivity index (χ2v) is 7.36. The van der Waals surface area contributed by atoms with Gasteiger partial charge in [-0.05, 0) is 55.0 Å². The highest BCUT2D eigenvalue weighted by molar-refractivity contribution is 7.99. The van der Waals surface area contributed by atoms with Gasteiger partial charge in [0.15, 0.2) is 10.9 Å². The van der Waals surface area contributed by atoms with Crippen molar-refractivity contribution in [2.24, 2.45) is 0 Å². The Hall–Kier alpha value is -3.32. The maximum Gasteiger partial charge on any atom is 0.267 e. The number of benzene rings is 2. The Balaban J connectivity index is 1.77. The van der Waals surface area contributed by atoms with Crippen LogP contribution in [0.15, 0.2) is 76.8 Å².